The van der Waals surface area contributed by atoms with Gasteiger partial charge >= 0.3 is 18.1 Å². The van der Waals surface area contributed by atoms with Crippen LogP contribution >= 0.6 is 0 Å². The predicted molar refractivity (Wildman–Crippen MR) is 146 cm³/mol. The smallest absolute Gasteiger partial charge is 0.416 e. The van der Waals surface area contributed by atoms with Gasteiger partial charge in [-0.25, -0.2) is 4.79 Å². The van der Waals surface area contributed by atoms with Crippen LogP contribution < -0.4 is 21.5 Å². The molecule has 15 heteroatoms. The van der Waals surface area contributed by atoms with Gasteiger partial charge in [0.25, 0.3) is 5.56 Å². The Labute approximate surface area is 243 Å². The van der Waals surface area contributed by atoms with Crippen LogP contribution in [-0.4, -0.2) is 52.0 Å². The number of aliphatic carboxylic acids is 1. The van der Waals surface area contributed by atoms with Crippen LogP contribution in [0.2, 0.25) is 0 Å². The molecule has 0 saturated heterocycles. The van der Waals surface area contributed by atoms with Crippen molar-refractivity contribution >= 4 is 35.3 Å². The van der Waals surface area contributed by atoms with Gasteiger partial charge in [0, 0.05) is 25.2 Å². The lowest BCUT2D eigenvalue weighted by molar-refractivity contribution is -0.139. The first-order valence-corrected chi connectivity index (χ1v) is 13.1. The topological polar surface area (TPSA) is 173 Å². The molecule has 0 fully saturated rings. The predicted octanol–water partition coefficient (Wildman–Crippen LogP) is 2.37. The van der Waals surface area contributed by atoms with Crippen LogP contribution in [0.4, 0.5) is 18.9 Å². The van der Waals surface area contributed by atoms with Crippen molar-refractivity contribution in [2.24, 2.45) is 0 Å². The van der Waals surface area contributed by atoms with E-state index in [4.69, 9.17) is 9.84 Å². The van der Waals surface area contributed by atoms with E-state index in [1.54, 1.807) is 6.92 Å². The molecule has 43 heavy (non-hydrogen) atoms. The Balaban J connectivity index is 2.06. The molecule has 2 rings (SSSR count). The molecule has 0 radical (unpaired) electrons. The fourth-order valence-electron chi connectivity index (χ4n) is 3.59. The second kappa shape index (κ2) is 16.5. The minimum Gasteiger partial charge on any atom is -0.481 e. The summed E-state index contributed by atoms with van der Waals surface area (Å²) in [5, 5.41) is 16.1. The van der Waals surface area contributed by atoms with Gasteiger partial charge in [0.2, 0.25) is 17.7 Å². The summed E-state index contributed by atoms with van der Waals surface area (Å²) >= 11 is 0. The molecule has 1 aromatic carbocycles. The number of aromatic nitrogens is 1. The van der Waals surface area contributed by atoms with E-state index in [0.29, 0.717) is 5.56 Å². The minimum absolute atomic E-state index is 0.00602. The number of anilines is 1. The van der Waals surface area contributed by atoms with Crippen LogP contribution in [0.5, 0.6) is 0 Å². The van der Waals surface area contributed by atoms with Crippen LogP contribution in [0.15, 0.2) is 59.5 Å². The van der Waals surface area contributed by atoms with Crippen molar-refractivity contribution in [1.29, 1.82) is 0 Å². The van der Waals surface area contributed by atoms with Crippen LogP contribution in [0.3, 0.4) is 0 Å². The highest BCUT2D eigenvalue weighted by Crippen LogP contribution is 2.29. The first kappa shape index (κ1) is 34.3. The maximum Gasteiger partial charge on any atom is 0.416 e. The standard InChI is InChI=1S/C28H31F3N4O8/c1-2-43-25(40)8-4-3-6-20(33-22(36)13-14-24(38)39)26(41)34-21-7-5-15-35(27(21)42)17-23(37)32-16-18-9-11-19(12-10-18)28(29,30)31/h4-5,7-12,15,20H,2-3,6,13-14,16-17H2,1H3,(H,32,37)(H,33,36)(H,34,41)(H,38,39)/t20-/m0/s1. The highest BCUT2D eigenvalue weighted by molar-refractivity contribution is 5.97. The molecule has 4 N–H and O–H groups in total. The number of hydrogen-bond acceptors (Lipinski definition) is 7. The number of ether oxygens (including phenoxy) is 1. The summed E-state index contributed by atoms with van der Waals surface area (Å²) in [7, 11) is 0. The van der Waals surface area contributed by atoms with E-state index in [1.165, 1.54) is 36.5 Å². The Hall–Kier alpha value is -4.95. The Bertz CT molecular complexity index is 1390. The second-order valence-corrected chi connectivity index (χ2v) is 9.06. The maximum atomic E-state index is 13.0. The molecule has 3 amide bonds. The number of esters is 1. The number of nitrogens with zero attached hydrogens (tertiary/aromatic N) is 1. The zero-order valence-corrected chi connectivity index (χ0v) is 23.1. The lowest BCUT2D eigenvalue weighted by atomic mass is 10.1. The van der Waals surface area contributed by atoms with Crippen molar-refractivity contribution in [3.05, 3.63) is 76.2 Å². The molecule has 0 aliphatic rings. The number of benzene rings is 1. The number of halogens is 3. The lowest BCUT2D eigenvalue weighted by Crippen LogP contribution is -2.44. The number of pyridine rings is 1. The molecule has 0 unspecified atom stereocenters. The first-order valence-electron chi connectivity index (χ1n) is 13.1. The molecule has 232 valence electrons. The van der Waals surface area contributed by atoms with Gasteiger partial charge in [-0.3, -0.25) is 24.0 Å². The molecule has 1 heterocycles. The third kappa shape index (κ3) is 12.2. The number of alkyl halides is 3. The summed E-state index contributed by atoms with van der Waals surface area (Å²) in [6.45, 7) is 1.25. The Kier molecular flexibility index (Phi) is 13.1. The molecule has 12 nitrogen and oxygen atoms in total. The third-order valence-electron chi connectivity index (χ3n) is 5.74. The molecule has 0 spiro atoms. The lowest BCUT2D eigenvalue weighted by Gasteiger charge is -2.18. The number of hydrogen-bond donors (Lipinski definition) is 4. The van der Waals surface area contributed by atoms with Gasteiger partial charge < -0.3 is 30.4 Å². The van der Waals surface area contributed by atoms with Gasteiger partial charge in [-0.05, 0) is 49.6 Å². The number of carbonyl (C=O) groups excluding carboxylic acids is 4. The highest BCUT2D eigenvalue weighted by atomic mass is 19.4. The van der Waals surface area contributed by atoms with Gasteiger partial charge in [0.15, 0.2) is 0 Å². The maximum absolute atomic E-state index is 13.0. The van der Waals surface area contributed by atoms with Gasteiger partial charge in [-0.2, -0.15) is 13.2 Å². The number of rotatable bonds is 15. The summed E-state index contributed by atoms with van der Waals surface area (Å²) in [5.41, 5.74) is -1.39. The number of carboxylic acid groups (broad SMARTS) is 1. The monoisotopic (exact) mass is 608 g/mol. The van der Waals surface area contributed by atoms with Crippen LogP contribution in [0.25, 0.3) is 0 Å². The molecule has 1 atom stereocenters. The molecule has 0 aliphatic carbocycles. The molecule has 0 aliphatic heterocycles. The molecule has 0 saturated carbocycles. The quantitative estimate of drug-likeness (QED) is 0.176. The Morgan fingerprint density at radius 2 is 1.74 bits per heavy atom. The van der Waals surface area contributed by atoms with Crippen LogP contribution in [-0.2, 0) is 48.0 Å². The summed E-state index contributed by atoms with van der Waals surface area (Å²) in [6, 6.07) is 5.68. The molecular weight excluding hydrogens is 577 g/mol. The van der Waals surface area contributed by atoms with E-state index in [0.717, 1.165) is 22.8 Å². The average molecular weight is 609 g/mol. The van der Waals surface area contributed by atoms with E-state index in [-0.39, 0.29) is 31.7 Å². The molecule has 2 aromatic rings. The van der Waals surface area contributed by atoms with Crippen molar-refractivity contribution in [2.75, 3.05) is 11.9 Å². The fourth-order valence-corrected chi connectivity index (χ4v) is 3.59. The second-order valence-electron chi connectivity index (χ2n) is 9.06. The van der Waals surface area contributed by atoms with Crippen molar-refractivity contribution in [3.63, 3.8) is 0 Å². The minimum atomic E-state index is -4.49. The van der Waals surface area contributed by atoms with Crippen molar-refractivity contribution in [3.8, 4) is 0 Å². The number of amides is 3. The zero-order valence-electron chi connectivity index (χ0n) is 23.1. The van der Waals surface area contributed by atoms with Gasteiger partial charge in [-0.15, -0.1) is 0 Å². The Morgan fingerprint density at radius 1 is 1.05 bits per heavy atom. The van der Waals surface area contributed by atoms with Crippen molar-refractivity contribution in [1.82, 2.24) is 15.2 Å². The van der Waals surface area contributed by atoms with Crippen LogP contribution in [0, 0.1) is 0 Å². The van der Waals surface area contributed by atoms with Crippen LogP contribution in [0.1, 0.15) is 43.7 Å². The van der Waals surface area contributed by atoms with Crippen molar-refractivity contribution < 1.29 is 47.0 Å². The number of allylic oxidation sites excluding steroid dienone is 1. The summed E-state index contributed by atoms with van der Waals surface area (Å²) < 4.78 is 43.9. The first-order chi connectivity index (χ1) is 20.3. The summed E-state index contributed by atoms with van der Waals surface area (Å²) in [4.78, 5) is 72.8. The van der Waals surface area contributed by atoms with Crippen molar-refractivity contribution in [2.45, 2.75) is 57.9 Å². The number of nitrogens with one attached hydrogen (secondary N) is 3. The summed E-state index contributed by atoms with van der Waals surface area (Å²) in [6.07, 6.45) is -1.33. The molecular formula is C28H31F3N4O8. The average Bonchev–Trinajstić information content (AvgIpc) is 2.94. The SMILES string of the molecule is CCOC(=O)C=CCC[C@H](NC(=O)CCC(=O)O)C(=O)Nc1cccn(CC(=O)NCc2ccc(C(F)(F)F)cc2)c1=O. The normalized spacial score (nSPS) is 11.9. The highest BCUT2D eigenvalue weighted by Gasteiger charge is 2.30. The van der Waals surface area contributed by atoms with Gasteiger partial charge in [0.05, 0.1) is 18.6 Å². The fraction of sp³-hybridized carbons (Fsp3) is 0.357. The van der Waals surface area contributed by atoms with E-state index in [9.17, 15) is 41.9 Å². The van der Waals surface area contributed by atoms with E-state index in [1.807, 2.05) is 0 Å². The largest absolute Gasteiger partial charge is 0.481 e. The Morgan fingerprint density at radius 3 is 2.37 bits per heavy atom. The molecule has 1 aromatic heterocycles. The van der Waals surface area contributed by atoms with E-state index < -0.39 is 72.4 Å². The number of carboxylic acids is 1. The summed E-state index contributed by atoms with van der Waals surface area (Å²) in [5.74, 6) is -3.94. The van der Waals surface area contributed by atoms with E-state index in [2.05, 4.69) is 16.0 Å². The van der Waals surface area contributed by atoms with Gasteiger partial charge in [0.1, 0.15) is 18.3 Å². The van der Waals surface area contributed by atoms with Gasteiger partial charge in [-0.1, -0.05) is 18.2 Å². The molecule has 0 bridgehead atoms. The third-order valence-corrected chi connectivity index (χ3v) is 5.74. The number of carbonyl (C=O) groups is 5. The van der Waals surface area contributed by atoms with E-state index >= 15 is 0 Å². The zero-order chi connectivity index (χ0) is 32.0.